The fraction of sp³-hybridized carbons (Fsp3) is 0.250. The topological polar surface area (TPSA) is 9.23 Å². The second-order valence-corrected chi connectivity index (χ2v) is 5.20. The molecule has 0 bridgehead atoms. The average Bonchev–Trinajstić information content (AvgIpc) is 2.33. The summed E-state index contributed by atoms with van der Waals surface area (Å²) in [6.07, 6.45) is 1.87. The van der Waals surface area contributed by atoms with Gasteiger partial charge in [-0.3, -0.25) is 0 Å². The van der Waals surface area contributed by atoms with Gasteiger partial charge in [0.25, 0.3) is 0 Å². The highest BCUT2D eigenvalue weighted by Gasteiger charge is 2.31. The van der Waals surface area contributed by atoms with Crippen molar-refractivity contribution in [1.29, 1.82) is 0 Å². The lowest BCUT2D eigenvalue weighted by molar-refractivity contribution is 0.417. The van der Waals surface area contributed by atoms with Crippen LogP contribution in [0.1, 0.15) is 26.3 Å². The molecule has 3 rings (SSSR count). The molecule has 1 heterocycles. The Morgan fingerprint density at radius 1 is 1.00 bits per heavy atom. The fourth-order valence-electron chi connectivity index (χ4n) is 2.49. The molecule has 0 amide bonds. The van der Waals surface area contributed by atoms with Crippen LogP contribution in [-0.4, -0.2) is 0 Å². The van der Waals surface area contributed by atoms with Crippen LogP contribution in [-0.2, 0) is 5.41 Å². The van der Waals surface area contributed by atoms with Crippen LogP contribution in [0.4, 0.5) is 0 Å². The lowest BCUT2D eigenvalue weighted by Gasteiger charge is -2.33. The molecular formula is C16H16O. The summed E-state index contributed by atoms with van der Waals surface area (Å²) in [5, 5.41) is 2.57. The van der Waals surface area contributed by atoms with E-state index in [9.17, 15) is 0 Å². The zero-order valence-electron chi connectivity index (χ0n) is 10.4. The summed E-state index contributed by atoms with van der Waals surface area (Å²) in [5.41, 5.74) is 2.60. The van der Waals surface area contributed by atoms with Crippen LogP contribution < -0.4 is 4.74 Å². The average molecular weight is 224 g/mol. The van der Waals surface area contributed by atoms with Gasteiger partial charge in [-0.1, -0.05) is 44.2 Å². The summed E-state index contributed by atoms with van der Waals surface area (Å²) >= 11 is 0. The first kappa shape index (κ1) is 10.4. The lowest BCUT2D eigenvalue weighted by atomic mass is 9.75. The Labute approximate surface area is 102 Å². The molecule has 2 aromatic rings. The Bertz CT molecular complexity index is 620. The molecule has 0 radical (unpaired) electrons. The molecule has 0 aromatic heterocycles. The third-order valence-corrected chi connectivity index (χ3v) is 3.86. The van der Waals surface area contributed by atoms with Gasteiger partial charge in [-0.2, -0.15) is 0 Å². The third kappa shape index (κ3) is 1.39. The Morgan fingerprint density at radius 3 is 2.59 bits per heavy atom. The molecule has 1 heteroatoms. The number of hydrogen-bond acceptors (Lipinski definition) is 1. The molecule has 0 unspecified atom stereocenters. The van der Waals surface area contributed by atoms with Crippen molar-refractivity contribution in [2.45, 2.75) is 26.2 Å². The molecule has 0 fully saturated rings. The monoisotopic (exact) mass is 224 g/mol. The van der Waals surface area contributed by atoms with Crippen LogP contribution >= 0.6 is 0 Å². The molecule has 0 N–H and O–H groups in total. The second-order valence-electron chi connectivity index (χ2n) is 5.20. The van der Waals surface area contributed by atoms with Gasteiger partial charge in [-0.05, 0) is 29.3 Å². The van der Waals surface area contributed by atoms with Gasteiger partial charge in [-0.25, -0.2) is 0 Å². The van der Waals surface area contributed by atoms with Crippen molar-refractivity contribution in [1.82, 2.24) is 0 Å². The quantitative estimate of drug-likeness (QED) is 0.644. The Kier molecular flexibility index (Phi) is 2.06. The largest absolute Gasteiger partial charge is 0.465 e. The van der Waals surface area contributed by atoms with Crippen molar-refractivity contribution in [2.24, 2.45) is 0 Å². The number of rotatable bonds is 0. The minimum atomic E-state index is 0.0362. The second kappa shape index (κ2) is 3.36. The van der Waals surface area contributed by atoms with E-state index in [2.05, 4.69) is 57.2 Å². The van der Waals surface area contributed by atoms with Gasteiger partial charge in [0.15, 0.2) is 0 Å². The molecule has 0 aliphatic carbocycles. The van der Waals surface area contributed by atoms with E-state index in [4.69, 9.17) is 4.74 Å². The molecule has 0 saturated carbocycles. The summed E-state index contributed by atoms with van der Waals surface area (Å²) in [7, 11) is 0. The molecule has 0 atom stereocenters. The first-order valence-corrected chi connectivity index (χ1v) is 5.97. The van der Waals surface area contributed by atoms with Gasteiger partial charge in [0.1, 0.15) is 5.75 Å². The molecule has 86 valence electrons. The van der Waals surface area contributed by atoms with Crippen molar-refractivity contribution in [3.63, 3.8) is 0 Å². The Balaban J connectivity index is 2.41. The van der Waals surface area contributed by atoms with Crippen molar-refractivity contribution in [3.05, 3.63) is 53.8 Å². The molecule has 0 spiro atoms. The van der Waals surface area contributed by atoms with E-state index in [1.165, 1.54) is 21.9 Å². The zero-order valence-corrected chi connectivity index (χ0v) is 10.4. The summed E-state index contributed by atoms with van der Waals surface area (Å²) < 4.78 is 5.72. The van der Waals surface area contributed by atoms with E-state index in [0.29, 0.717) is 0 Å². The molecule has 17 heavy (non-hydrogen) atoms. The fourth-order valence-corrected chi connectivity index (χ4v) is 2.49. The SMILES string of the molecule is CC1=COc2ccc3ccccc3c2C1(C)C. The molecular weight excluding hydrogens is 208 g/mol. The van der Waals surface area contributed by atoms with Crippen molar-refractivity contribution >= 4 is 10.8 Å². The normalized spacial score (nSPS) is 17.2. The van der Waals surface area contributed by atoms with Crippen molar-refractivity contribution < 1.29 is 4.74 Å². The van der Waals surface area contributed by atoms with Crippen LogP contribution in [0.3, 0.4) is 0 Å². The highest BCUT2D eigenvalue weighted by atomic mass is 16.5. The van der Waals surface area contributed by atoms with Crippen LogP contribution in [0.15, 0.2) is 48.2 Å². The smallest absolute Gasteiger partial charge is 0.131 e. The number of benzene rings is 2. The van der Waals surface area contributed by atoms with Crippen LogP contribution in [0.25, 0.3) is 10.8 Å². The third-order valence-electron chi connectivity index (χ3n) is 3.86. The summed E-state index contributed by atoms with van der Waals surface area (Å²) in [5.74, 6) is 0.985. The minimum absolute atomic E-state index is 0.0362. The predicted molar refractivity (Wildman–Crippen MR) is 71.4 cm³/mol. The molecule has 0 saturated heterocycles. The maximum absolute atomic E-state index is 5.72. The lowest BCUT2D eigenvalue weighted by Crippen LogP contribution is -2.23. The highest BCUT2D eigenvalue weighted by Crippen LogP contribution is 2.44. The van der Waals surface area contributed by atoms with Gasteiger partial charge in [0, 0.05) is 11.0 Å². The first-order chi connectivity index (χ1) is 8.10. The predicted octanol–water partition coefficient (Wildman–Crippen LogP) is 4.41. The number of fused-ring (bicyclic) bond motifs is 3. The van der Waals surface area contributed by atoms with Gasteiger partial charge < -0.3 is 4.74 Å². The van der Waals surface area contributed by atoms with Crippen molar-refractivity contribution in [3.8, 4) is 5.75 Å². The molecule has 1 nitrogen and oxygen atoms in total. The number of hydrogen-bond donors (Lipinski definition) is 0. The summed E-state index contributed by atoms with van der Waals surface area (Å²) in [6, 6.07) is 12.7. The van der Waals surface area contributed by atoms with Crippen molar-refractivity contribution in [2.75, 3.05) is 0 Å². The van der Waals surface area contributed by atoms with Crippen LogP contribution in [0, 0.1) is 0 Å². The van der Waals surface area contributed by atoms with E-state index in [0.717, 1.165) is 5.75 Å². The zero-order chi connectivity index (χ0) is 12.0. The Morgan fingerprint density at radius 2 is 1.76 bits per heavy atom. The summed E-state index contributed by atoms with van der Waals surface area (Å²) in [6.45, 7) is 6.64. The van der Waals surface area contributed by atoms with E-state index in [1.54, 1.807) is 0 Å². The number of allylic oxidation sites excluding steroid dienone is 1. The van der Waals surface area contributed by atoms with E-state index in [-0.39, 0.29) is 5.41 Å². The van der Waals surface area contributed by atoms with E-state index >= 15 is 0 Å². The van der Waals surface area contributed by atoms with Gasteiger partial charge in [-0.15, -0.1) is 0 Å². The highest BCUT2D eigenvalue weighted by molar-refractivity contribution is 5.89. The van der Waals surface area contributed by atoms with Gasteiger partial charge in [0.05, 0.1) is 6.26 Å². The van der Waals surface area contributed by atoms with Crippen LogP contribution in [0.5, 0.6) is 5.75 Å². The van der Waals surface area contributed by atoms with Crippen LogP contribution in [0.2, 0.25) is 0 Å². The minimum Gasteiger partial charge on any atom is -0.465 e. The van der Waals surface area contributed by atoms with E-state index in [1.807, 2.05) is 6.26 Å². The van der Waals surface area contributed by atoms with E-state index < -0.39 is 0 Å². The van der Waals surface area contributed by atoms with Gasteiger partial charge >= 0.3 is 0 Å². The maximum atomic E-state index is 5.72. The maximum Gasteiger partial charge on any atom is 0.131 e. The molecule has 1 aliphatic heterocycles. The first-order valence-electron chi connectivity index (χ1n) is 5.97. The standard InChI is InChI=1S/C16H16O/c1-11-10-17-14-9-8-12-6-4-5-7-13(12)15(14)16(11,2)3/h4-10H,1-3H3. The Hall–Kier alpha value is -1.76. The molecule has 2 aromatic carbocycles. The summed E-state index contributed by atoms with van der Waals surface area (Å²) in [4.78, 5) is 0. The molecule has 1 aliphatic rings. The number of ether oxygens (including phenoxy) is 1. The van der Waals surface area contributed by atoms with Gasteiger partial charge in [0.2, 0.25) is 0 Å².